The number of aliphatic carboxylic acids is 1. The average Bonchev–Trinajstić information content (AvgIpc) is 3.17. The van der Waals surface area contributed by atoms with Crippen molar-refractivity contribution in [1.82, 2.24) is 15.1 Å². The summed E-state index contributed by atoms with van der Waals surface area (Å²) >= 11 is 5.85. The summed E-state index contributed by atoms with van der Waals surface area (Å²) < 4.78 is 6.83. The van der Waals surface area contributed by atoms with Crippen LogP contribution in [0.15, 0.2) is 36.7 Å². The van der Waals surface area contributed by atoms with E-state index in [1.165, 1.54) is 6.20 Å². The van der Waals surface area contributed by atoms with E-state index < -0.39 is 11.5 Å². The van der Waals surface area contributed by atoms with Crippen LogP contribution in [0.3, 0.4) is 0 Å². The molecular formula is C16H16ClN3O4. The highest BCUT2D eigenvalue weighted by Gasteiger charge is 2.39. The normalized spacial score (nSPS) is 20.0. The largest absolute Gasteiger partial charge is 0.481 e. The predicted molar refractivity (Wildman–Crippen MR) is 86.5 cm³/mol. The van der Waals surface area contributed by atoms with Gasteiger partial charge >= 0.3 is 5.97 Å². The van der Waals surface area contributed by atoms with Crippen LogP contribution in [-0.2, 0) is 9.53 Å². The van der Waals surface area contributed by atoms with Gasteiger partial charge in [-0.15, -0.1) is 0 Å². The molecule has 7 nitrogen and oxygen atoms in total. The highest BCUT2D eigenvalue weighted by atomic mass is 35.5. The van der Waals surface area contributed by atoms with Gasteiger partial charge in [-0.25, -0.2) is 4.68 Å². The Morgan fingerprint density at radius 2 is 2.12 bits per heavy atom. The third-order valence-electron chi connectivity index (χ3n) is 3.91. The van der Waals surface area contributed by atoms with Crippen molar-refractivity contribution in [3.63, 3.8) is 0 Å². The zero-order chi connectivity index (χ0) is 17.2. The second kappa shape index (κ2) is 6.62. The van der Waals surface area contributed by atoms with Crippen LogP contribution >= 0.6 is 11.6 Å². The molecule has 0 saturated carbocycles. The highest BCUT2D eigenvalue weighted by molar-refractivity contribution is 6.30. The van der Waals surface area contributed by atoms with Crippen molar-refractivity contribution in [2.75, 3.05) is 13.2 Å². The van der Waals surface area contributed by atoms with Crippen molar-refractivity contribution in [2.45, 2.75) is 18.4 Å². The maximum absolute atomic E-state index is 12.5. The van der Waals surface area contributed by atoms with Crippen LogP contribution in [0, 0.1) is 0 Å². The number of hydrogen-bond acceptors (Lipinski definition) is 4. The number of halogens is 1. The molecule has 24 heavy (non-hydrogen) atoms. The fourth-order valence-electron chi connectivity index (χ4n) is 2.67. The van der Waals surface area contributed by atoms with Crippen molar-refractivity contribution in [1.29, 1.82) is 0 Å². The number of carbonyl (C=O) groups excluding carboxylic acids is 1. The molecule has 0 aliphatic carbocycles. The number of aromatic nitrogens is 2. The van der Waals surface area contributed by atoms with Gasteiger partial charge in [-0.2, -0.15) is 5.10 Å². The molecule has 1 saturated heterocycles. The van der Waals surface area contributed by atoms with Crippen molar-refractivity contribution in [2.24, 2.45) is 0 Å². The summed E-state index contributed by atoms with van der Waals surface area (Å²) in [5, 5.41) is 16.6. The van der Waals surface area contributed by atoms with Crippen LogP contribution in [0.1, 0.15) is 23.2 Å². The number of nitrogens with zero attached hydrogens (tertiary/aromatic N) is 2. The summed E-state index contributed by atoms with van der Waals surface area (Å²) in [7, 11) is 0. The van der Waals surface area contributed by atoms with Gasteiger partial charge in [-0.1, -0.05) is 11.6 Å². The first-order valence-corrected chi connectivity index (χ1v) is 7.78. The van der Waals surface area contributed by atoms with Gasteiger partial charge in [0.2, 0.25) is 0 Å². The molecule has 0 spiro atoms. The third-order valence-corrected chi connectivity index (χ3v) is 4.16. The van der Waals surface area contributed by atoms with Crippen LogP contribution < -0.4 is 5.32 Å². The number of ether oxygens (including phenoxy) is 1. The molecule has 1 fully saturated rings. The fraction of sp³-hybridized carbons (Fsp3) is 0.312. The summed E-state index contributed by atoms with van der Waals surface area (Å²) in [5.74, 6) is -1.35. The van der Waals surface area contributed by atoms with Crippen LogP contribution in [0.2, 0.25) is 5.02 Å². The van der Waals surface area contributed by atoms with Gasteiger partial charge in [0.15, 0.2) is 0 Å². The molecule has 3 rings (SSSR count). The number of benzene rings is 1. The van der Waals surface area contributed by atoms with E-state index in [1.807, 2.05) is 0 Å². The van der Waals surface area contributed by atoms with Crippen molar-refractivity contribution in [3.05, 3.63) is 47.2 Å². The van der Waals surface area contributed by atoms with Crippen molar-refractivity contribution in [3.8, 4) is 5.69 Å². The SMILES string of the molecule is O=C(O)CC1(NC(=O)c2cnn(-c3ccc(Cl)cc3)c2)CCOC1. The smallest absolute Gasteiger partial charge is 0.305 e. The maximum Gasteiger partial charge on any atom is 0.305 e. The Hall–Kier alpha value is -2.38. The Kier molecular flexibility index (Phi) is 4.55. The molecule has 1 aromatic carbocycles. The minimum absolute atomic E-state index is 0.177. The molecule has 126 valence electrons. The van der Waals surface area contributed by atoms with E-state index in [0.29, 0.717) is 23.6 Å². The van der Waals surface area contributed by atoms with E-state index in [9.17, 15) is 9.59 Å². The second-order valence-corrected chi connectivity index (χ2v) is 6.19. The predicted octanol–water partition coefficient (Wildman–Crippen LogP) is 1.89. The van der Waals surface area contributed by atoms with E-state index in [2.05, 4.69) is 10.4 Å². The monoisotopic (exact) mass is 349 g/mol. The lowest BCUT2D eigenvalue weighted by atomic mass is 9.94. The molecule has 1 aromatic heterocycles. The fourth-order valence-corrected chi connectivity index (χ4v) is 2.79. The quantitative estimate of drug-likeness (QED) is 0.859. The summed E-state index contributed by atoms with van der Waals surface area (Å²) in [6, 6.07) is 7.04. The molecule has 2 heterocycles. The summed E-state index contributed by atoms with van der Waals surface area (Å²) in [5.41, 5.74) is 0.246. The van der Waals surface area contributed by atoms with Gasteiger partial charge in [0.05, 0.1) is 36.0 Å². The molecule has 1 aliphatic rings. The number of hydrogen-bond donors (Lipinski definition) is 2. The number of amides is 1. The molecule has 1 unspecified atom stereocenters. The molecule has 1 aliphatic heterocycles. The van der Waals surface area contributed by atoms with E-state index in [4.69, 9.17) is 21.4 Å². The minimum Gasteiger partial charge on any atom is -0.481 e. The highest BCUT2D eigenvalue weighted by Crippen LogP contribution is 2.23. The lowest BCUT2D eigenvalue weighted by molar-refractivity contribution is -0.138. The zero-order valence-corrected chi connectivity index (χ0v) is 13.5. The Labute approximate surface area is 143 Å². The summed E-state index contributed by atoms with van der Waals surface area (Å²) in [6.07, 6.45) is 3.32. The van der Waals surface area contributed by atoms with Gasteiger partial charge in [-0.05, 0) is 30.7 Å². The van der Waals surface area contributed by atoms with E-state index in [-0.39, 0.29) is 18.9 Å². The average molecular weight is 350 g/mol. The van der Waals surface area contributed by atoms with Gasteiger partial charge in [-0.3, -0.25) is 9.59 Å². The van der Waals surface area contributed by atoms with Crippen molar-refractivity contribution < 1.29 is 19.4 Å². The molecule has 8 heteroatoms. The standard InChI is InChI=1S/C16H16ClN3O4/c17-12-1-3-13(4-2-12)20-9-11(8-18-20)15(23)19-16(7-14(21)22)5-6-24-10-16/h1-4,8-9H,5-7,10H2,(H,19,23)(H,21,22). The Morgan fingerprint density at radius 1 is 1.38 bits per heavy atom. The number of nitrogens with one attached hydrogen (secondary N) is 1. The summed E-state index contributed by atoms with van der Waals surface area (Å²) in [6.45, 7) is 0.619. The molecule has 2 aromatic rings. The third kappa shape index (κ3) is 3.58. The molecule has 0 bridgehead atoms. The lowest BCUT2D eigenvalue weighted by Gasteiger charge is -2.26. The first-order valence-electron chi connectivity index (χ1n) is 7.40. The van der Waals surface area contributed by atoms with Gasteiger partial charge < -0.3 is 15.2 Å². The molecular weight excluding hydrogens is 334 g/mol. The van der Waals surface area contributed by atoms with Gasteiger partial charge in [0.1, 0.15) is 0 Å². The first-order chi connectivity index (χ1) is 11.5. The van der Waals surface area contributed by atoms with Gasteiger partial charge in [0, 0.05) is 17.8 Å². The Morgan fingerprint density at radius 3 is 2.75 bits per heavy atom. The lowest BCUT2D eigenvalue weighted by Crippen LogP contribution is -2.50. The maximum atomic E-state index is 12.5. The van der Waals surface area contributed by atoms with E-state index in [1.54, 1.807) is 35.1 Å². The number of carbonyl (C=O) groups is 2. The Balaban J connectivity index is 1.75. The number of carboxylic acids is 1. The second-order valence-electron chi connectivity index (χ2n) is 5.76. The van der Waals surface area contributed by atoms with Crippen LogP contribution in [-0.4, -0.2) is 45.5 Å². The molecule has 2 N–H and O–H groups in total. The van der Waals surface area contributed by atoms with Crippen LogP contribution in [0.5, 0.6) is 0 Å². The number of rotatable bonds is 5. The zero-order valence-electron chi connectivity index (χ0n) is 12.7. The first kappa shape index (κ1) is 16.5. The minimum atomic E-state index is -0.974. The number of carboxylic acid groups (broad SMARTS) is 1. The van der Waals surface area contributed by atoms with Crippen molar-refractivity contribution >= 4 is 23.5 Å². The molecule has 1 amide bonds. The van der Waals surface area contributed by atoms with Crippen LogP contribution in [0.4, 0.5) is 0 Å². The summed E-state index contributed by atoms with van der Waals surface area (Å²) in [4.78, 5) is 23.5. The topological polar surface area (TPSA) is 93.5 Å². The van der Waals surface area contributed by atoms with E-state index in [0.717, 1.165) is 5.69 Å². The van der Waals surface area contributed by atoms with E-state index >= 15 is 0 Å². The van der Waals surface area contributed by atoms with Gasteiger partial charge in [0.25, 0.3) is 5.91 Å². The Bertz CT molecular complexity index is 751. The molecule has 0 radical (unpaired) electrons. The van der Waals surface area contributed by atoms with Crippen LogP contribution in [0.25, 0.3) is 5.69 Å². The molecule has 1 atom stereocenters.